The average Bonchev–Trinajstić information content (AvgIpc) is 3.34. The van der Waals surface area contributed by atoms with Gasteiger partial charge < -0.3 is 14.2 Å². The van der Waals surface area contributed by atoms with Crippen LogP contribution in [-0.4, -0.2) is 18.9 Å². The number of hydrogen-bond donors (Lipinski definition) is 0. The first kappa shape index (κ1) is 19.4. The van der Waals surface area contributed by atoms with Crippen molar-refractivity contribution < 1.29 is 23.8 Å². The van der Waals surface area contributed by atoms with Crippen molar-refractivity contribution >= 4 is 45.1 Å². The Morgan fingerprint density at radius 3 is 2.69 bits per heavy atom. The summed E-state index contributed by atoms with van der Waals surface area (Å²) in [5.74, 6) is 0.878. The van der Waals surface area contributed by atoms with E-state index in [0.29, 0.717) is 38.8 Å². The number of carbonyl (C=O) groups excluding carboxylic acids is 2. The number of Topliss-reactive ketones (excluding diaryl/α,β-unsaturated/α-hetero) is 1. The molecule has 2 heterocycles. The number of halogens is 1. The molecule has 3 aromatic rings. The lowest BCUT2D eigenvalue weighted by Gasteiger charge is -2.09. The summed E-state index contributed by atoms with van der Waals surface area (Å²) in [4.78, 5) is 25.6. The maximum absolute atomic E-state index is 12.8. The van der Waals surface area contributed by atoms with Crippen LogP contribution >= 0.6 is 27.3 Å². The number of ether oxygens (including phenoxy) is 3. The molecule has 29 heavy (non-hydrogen) atoms. The lowest BCUT2D eigenvalue weighted by molar-refractivity contribution is 0.0738. The number of rotatable bonds is 4. The smallest absolute Gasteiger partial charge is 0.353 e. The molecule has 5 nitrogen and oxygen atoms in total. The van der Waals surface area contributed by atoms with Gasteiger partial charge in [-0.1, -0.05) is 22.0 Å². The van der Waals surface area contributed by atoms with Crippen LogP contribution in [0.2, 0.25) is 0 Å². The van der Waals surface area contributed by atoms with E-state index in [4.69, 9.17) is 14.2 Å². The Bertz CT molecular complexity index is 1150. The van der Waals surface area contributed by atoms with E-state index in [0.717, 1.165) is 4.47 Å². The Kier molecular flexibility index (Phi) is 5.25. The van der Waals surface area contributed by atoms with Crippen molar-refractivity contribution in [3.8, 4) is 17.2 Å². The molecular formula is C22H15BrO5S. The van der Waals surface area contributed by atoms with E-state index in [1.807, 2.05) is 12.1 Å². The minimum Gasteiger partial charge on any atom is -0.496 e. The number of methoxy groups -OCH3 is 1. The van der Waals surface area contributed by atoms with Gasteiger partial charge in [-0.3, -0.25) is 4.79 Å². The molecule has 0 amide bonds. The van der Waals surface area contributed by atoms with Crippen molar-refractivity contribution in [1.29, 1.82) is 0 Å². The zero-order valence-corrected chi connectivity index (χ0v) is 17.9. The van der Waals surface area contributed by atoms with Gasteiger partial charge in [0.05, 0.1) is 12.7 Å². The van der Waals surface area contributed by atoms with Gasteiger partial charge in [-0.25, -0.2) is 4.79 Å². The fourth-order valence-electron chi connectivity index (χ4n) is 2.98. The number of fused-ring (bicyclic) bond motifs is 1. The second-order valence-electron chi connectivity index (χ2n) is 6.26. The first-order valence-electron chi connectivity index (χ1n) is 8.65. The number of esters is 1. The highest BCUT2D eigenvalue weighted by atomic mass is 79.9. The lowest BCUT2D eigenvalue weighted by Crippen LogP contribution is -2.07. The Morgan fingerprint density at radius 1 is 1.17 bits per heavy atom. The summed E-state index contributed by atoms with van der Waals surface area (Å²) in [5.41, 5.74) is 1.73. The monoisotopic (exact) mass is 470 g/mol. The molecule has 1 aromatic heterocycles. The number of allylic oxidation sites excluding steroid dienone is 1. The third-order valence-corrected chi connectivity index (χ3v) is 5.78. The Morgan fingerprint density at radius 2 is 1.97 bits per heavy atom. The van der Waals surface area contributed by atoms with Crippen LogP contribution < -0.4 is 14.2 Å². The second-order valence-corrected chi connectivity index (χ2v) is 8.12. The van der Waals surface area contributed by atoms with Gasteiger partial charge in [0.1, 0.15) is 22.1 Å². The van der Waals surface area contributed by atoms with Gasteiger partial charge in [0.15, 0.2) is 5.76 Å². The van der Waals surface area contributed by atoms with Crippen molar-refractivity contribution in [2.24, 2.45) is 0 Å². The van der Waals surface area contributed by atoms with Gasteiger partial charge in [0.25, 0.3) is 0 Å². The first-order valence-corrected chi connectivity index (χ1v) is 10.3. The summed E-state index contributed by atoms with van der Waals surface area (Å²) in [6.45, 7) is 1.76. The molecule has 0 radical (unpaired) electrons. The van der Waals surface area contributed by atoms with Gasteiger partial charge in [-0.15, -0.1) is 11.3 Å². The molecule has 0 aliphatic carbocycles. The maximum Gasteiger partial charge on any atom is 0.353 e. The summed E-state index contributed by atoms with van der Waals surface area (Å²) in [6, 6.07) is 12.2. The number of hydrogen-bond acceptors (Lipinski definition) is 6. The summed E-state index contributed by atoms with van der Waals surface area (Å²) in [5, 5.41) is 1.81. The van der Waals surface area contributed by atoms with E-state index in [1.165, 1.54) is 11.3 Å². The van der Waals surface area contributed by atoms with E-state index in [2.05, 4.69) is 15.9 Å². The topological polar surface area (TPSA) is 61.8 Å². The molecule has 7 heteroatoms. The van der Waals surface area contributed by atoms with Gasteiger partial charge in [0, 0.05) is 15.6 Å². The molecule has 0 fully saturated rings. The highest BCUT2D eigenvalue weighted by molar-refractivity contribution is 9.10. The summed E-state index contributed by atoms with van der Waals surface area (Å²) in [7, 11) is 1.57. The zero-order valence-electron chi connectivity index (χ0n) is 15.5. The molecule has 1 aliphatic rings. The Balaban J connectivity index is 1.66. The average molecular weight is 471 g/mol. The molecule has 0 atom stereocenters. The molecule has 0 unspecified atom stereocenters. The zero-order chi connectivity index (χ0) is 20.5. The predicted molar refractivity (Wildman–Crippen MR) is 114 cm³/mol. The van der Waals surface area contributed by atoms with Crippen molar-refractivity contribution in [3.63, 3.8) is 0 Å². The van der Waals surface area contributed by atoms with Gasteiger partial charge in [0.2, 0.25) is 5.78 Å². The van der Waals surface area contributed by atoms with Crippen LogP contribution in [0.3, 0.4) is 0 Å². The summed E-state index contributed by atoms with van der Waals surface area (Å²) < 4.78 is 17.6. The van der Waals surface area contributed by atoms with Crippen molar-refractivity contribution in [1.82, 2.24) is 0 Å². The van der Waals surface area contributed by atoms with Crippen LogP contribution in [-0.2, 0) is 0 Å². The largest absolute Gasteiger partial charge is 0.496 e. The van der Waals surface area contributed by atoms with Crippen molar-refractivity contribution in [3.05, 3.63) is 79.6 Å². The Labute approximate surface area is 179 Å². The van der Waals surface area contributed by atoms with Crippen LogP contribution in [0.4, 0.5) is 0 Å². The molecule has 2 aromatic carbocycles. The third-order valence-electron chi connectivity index (χ3n) is 4.44. The molecule has 0 bridgehead atoms. The SMILES string of the molecule is COc1ccc(Br)cc1/C=C1\Oc2c(ccc(OC(=O)c3cccs3)c2C)C1=O. The van der Waals surface area contributed by atoms with E-state index in [-0.39, 0.29) is 11.5 Å². The van der Waals surface area contributed by atoms with Gasteiger partial charge in [-0.05, 0) is 54.8 Å². The van der Waals surface area contributed by atoms with Crippen molar-refractivity contribution in [2.45, 2.75) is 6.92 Å². The molecule has 4 rings (SSSR count). The molecule has 0 saturated carbocycles. The van der Waals surface area contributed by atoms with E-state index in [9.17, 15) is 9.59 Å². The van der Waals surface area contributed by atoms with Crippen LogP contribution in [0, 0.1) is 6.92 Å². The molecular weight excluding hydrogens is 456 g/mol. The van der Waals surface area contributed by atoms with Crippen LogP contribution in [0.15, 0.2) is 58.1 Å². The first-order chi connectivity index (χ1) is 14.0. The molecule has 1 aliphatic heterocycles. The summed E-state index contributed by atoms with van der Waals surface area (Å²) in [6.07, 6.45) is 1.64. The minimum atomic E-state index is -0.443. The standard InChI is InChI=1S/C22H15BrO5S/c1-12-16(28-22(25)19-4-3-9-29-19)8-6-15-20(24)18(27-21(12)15)11-13-10-14(23)5-7-17(13)26-2/h3-11H,1-2H3/b18-11-. The molecule has 0 saturated heterocycles. The maximum atomic E-state index is 12.8. The fourth-order valence-corrected chi connectivity index (χ4v) is 3.96. The highest BCUT2D eigenvalue weighted by Crippen LogP contribution is 2.40. The van der Waals surface area contributed by atoms with Crippen molar-refractivity contribution in [2.75, 3.05) is 7.11 Å². The normalized spacial score (nSPS) is 13.9. The van der Waals surface area contributed by atoms with Crippen LogP contribution in [0.1, 0.15) is 31.2 Å². The highest BCUT2D eigenvalue weighted by Gasteiger charge is 2.31. The second kappa shape index (κ2) is 7.85. The van der Waals surface area contributed by atoms with Crippen LogP contribution in [0.25, 0.3) is 6.08 Å². The van der Waals surface area contributed by atoms with E-state index in [1.54, 1.807) is 55.8 Å². The number of ketones is 1. The van der Waals surface area contributed by atoms with E-state index >= 15 is 0 Å². The number of carbonyl (C=O) groups is 2. The number of thiophene rings is 1. The molecule has 146 valence electrons. The molecule has 0 N–H and O–H groups in total. The lowest BCUT2D eigenvalue weighted by atomic mass is 10.1. The third kappa shape index (κ3) is 3.71. The van der Waals surface area contributed by atoms with Crippen LogP contribution in [0.5, 0.6) is 17.2 Å². The fraction of sp³-hybridized carbons (Fsp3) is 0.0909. The minimum absolute atomic E-state index is 0.182. The molecule has 0 spiro atoms. The number of benzene rings is 2. The van der Waals surface area contributed by atoms with Gasteiger partial charge in [-0.2, -0.15) is 0 Å². The van der Waals surface area contributed by atoms with Gasteiger partial charge >= 0.3 is 5.97 Å². The summed E-state index contributed by atoms with van der Waals surface area (Å²) >= 11 is 4.72. The Hall–Kier alpha value is -2.90. The predicted octanol–water partition coefficient (Wildman–Crippen LogP) is 5.66. The van der Waals surface area contributed by atoms with E-state index < -0.39 is 5.97 Å². The quantitative estimate of drug-likeness (QED) is 0.279.